The third-order valence-corrected chi connectivity index (χ3v) is 11.9. The standard InChI is InChI=1S/C37H50N8O14S/c1-15(2)25-33(54)44-26(27(49)36(57)58)34(55)42-23-12-60-28-18-6-4-5-7-19(18)39-20(28)9-21(30(51)41-22(31(52)43-25)10-37(59,13-46)14-47)40-29(50)16(3)38-32(53)24-8-17(48)11-45(24)35(23)56/h4-7,15-17,21-27,39,46-49,59H,8-14H2,1-3H3,(H,38,53)(H,40,50)(H,41,51)(H,42,55)(H,43,52)(H,44,54)(H,57,58). The van der Waals surface area contributed by atoms with Crippen LogP contribution in [0.4, 0.5) is 0 Å². The minimum atomic E-state index is -2.61. The maximum absolute atomic E-state index is 14.4. The number of aliphatic hydroxyl groups excluding tert-OH is 4. The molecule has 1 saturated heterocycles. The molecule has 0 spiro atoms. The summed E-state index contributed by atoms with van der Waals surface area (Å²) < 4.78 is 0. The van der Waals surface area contributed by atoms with Gasteiger partial charge in [0.1, 0.15) is 47.9 Å². The molecule has 22 nitrogen and oxygen atoms in total. The van der Waals surface area contributed by atoms with Crippen molar-refractivity contribution in [3.63, 3.8) is 0 Å². The third-order valence-electron chi connectivity index (χ3n) is 10.6. The van der Waals surface area contributed by atoms with E-state index < -0.39 is 133 Å². The Labute approximate surface area is 346 Å². The van der Waals surface area contributed by atoms with Crippen LogP contribution in [0, 0.1) is 5.92 Å². The zero-order chi connectivity index (χ0) is 44.2. The van der Waals surface area contributed by atoms with E-state index in [1.54, 1.807) is 24.3 Å². The van der Waals surface area contributed by atoms with Crippen molar-refractivity contribution in [2.45, 2.75) is 105 Å². The summed E-state index contributed by atoms with van der Waals surface area (Å²) in [6, 6.07) is -4.85. The molecule has 3 aliphatic rings. The average molecular weight is 863 g/mol. The van der Waals surface area contributed by atoms with Crippen molar-refractivity contribution in [1.29, 1.82) is 0 Å². The van der Waals surface area contributed by atoms with Gasteiger partial charge in [-0.2, -0.15) is 0 Å². The fraction of sp³-hybridized carbons (Fsp3) is 0.568. The Morgan fingerprint density at radius 2 is 1.48 bits per heavy atom. The van der Waals surface area contributed by atoms with Crippen LogP contribution >= 0.6 is 11.8 Å². The number of aromatic amines is 1. The number of carboxylic acid groups (broad SMARTS) is 1. The number of thioether (sulfide) groups is 1. The number of rotatable bonds is 7. The fourth-order valence-electron chi connectivity index (χ4n) is 7.18. The zero-order valence-corrected chi connectivity index (χ0v) is 33.7. The summed E-state index contributed by atoms with van der Waals surface area (Å²) in [4.78, 5) is 115. The second-order valence-electron chi connectivity index (χ2n) is 15.5. The number of nitrogens with one attached hydrogen (secondary N) is 7. The van der Waals surface area contributed by atoms with Gasteiger partial charge in [0, 0.05) is 53.1 Å². The van der Waals surface area contributed by atoms with E-state index in [1.165, 1.54) is 20.8 Å². The van der Waals surface area contributed by atoms with Crippen molar-refractivity contribution >= 4 is 70.0 Å². The lowest BCUT2D eigenvalue weighted by atomic mass is 9.94. The van der Waals surface area contributed by atoms with Crippen LogP contribution in [0.2, 0.25) is 0 Å². The normalized spacial score (nSPS) is 28.4. The summed E-state index contributed by atoms with van der Waals surface area (Å²) in [5.74, 6) is -10.5. The van der Waals surface area contributed by atoms with E-state index in [0.717, 1.165) is 16.7 Å². The van der Waals surface area contributed by atoms with E-state index in [4.69, 9.17) is 0 Å². The summed E-state index contributed by atoms with van der Waals surface area (Å²) in [7, 11) is 0. The maximum atomic E-state index is 14.4. The molecule has 3 aliphatic heterocycles. The number of carboxylic acids is 1. The molecule has 1 fully saturated rings. The highest BCUT2D eigenvalue weighted by Crippen LogP contribution is 2.34. The van der Waals surface area contributed by atoms with Gasteiger partial charge in [-0.1, -0.05) is 32.0 Å². The zero-order valence-electron chi connectivity index (χ0n) is 32.8. The Morgan fingerprint density at radius 3 is 2.13 bits per heavy atom. The fourth-order valence-corrected chi connectivity index (χ4v) is 8.38. The van der Waals surface area contributed by atoms with Crippen molar-refractivity contribution in [2.24, 2.45) is 5.92 Å². The third kappa shape index (κ3) is 10.2. The number of hydrogen-bond donors (Lipinski definition) is 13. The number of para-hydroxylation sites is 1. The van der Waals surface area contributed by atoms with Gasteiger partial charge in [0.15, 0.2) is 6.10 Å². The van der Waals surface area contributed by atoms with Crippen LogP contribution in [0.5, 0.6) is 0 Å². The van der Waals surface area contributed by atoms with Gasteiger partial charge in [0.05, 0.1) is 19.3 Å². The van der Waals surface area contributed by atoms with Crippen molar-refractivity contribution in [3.8, 4) is 0 Å². The molecule has 2 aromatic rings. The Kier molecular flexibility index (Phi) is 14.4. The Hall–Kier alpha value is -5.33. The molecule has 23 heteroatoms. The van der Waals surface area contributed by atoms with Crippen LogP contribution in [0.3, 0.4) is 0 Å². The first-order chi connectivity index (χ1) is 28.3. The molecule has 1 aromatic carbocycles. The van der Waals surface area contributed by atoms with E-state index in [1.807, 2.05) is 0 Å². The lowest BCUT2D eigenvalue weighted by Crippen LogP contribution is -2.64. The Balaban J connectivity index is 1.74. The van der Waals surface area contributed by atoms with Crippen LogP contribution in [-0.4, -0.2) is 173 Å². The predicted molar refractivity (Wildman–Crippen MR) is 208 cm³/mol. The summed E-state index contributed by atoms with van der Waals surface area (Å²) in [5, 5.41) is 77.0. The quantitative estimate of drug-likeness (QED) is 0.124. The lowest BCUT2D eigenvalue weighted by molar-refractivity contribution is -0.152. The molecule has 0 aliphatic carbocycles. The molecule has 2 bridgehead atoms. The molecule has 9 atom stereocenters. The van der Waals surface area contributed by atoms with Crippen LogP contribution in [0.1, 0.15) is 39.3 Å². The lowest BCUT2D eigenvalue weighted by Gasteiger charge is -2.32. The number of aliphatic carboxylic acids is 1. The van der Waals surface area contributed by atoms with Crippen molar-refractivity contribution in [3.05, 3.63) is 30.0 Å². The molecular weight excluding hydrogens is 813 g/mol. The van der Waals surface area contributed by atoms with Crippen molar-refractivity contribution < 1.29 is 69.0 Å². The van der Waals surface area contributed by atoms with E-state index in [-0.39, 0.29) is 25.1 Å². The molecular formula is C37H50N8O14S. The number of fused-ring (bicyclic) bond motifs is 5. The highest BCUT2D eigenvalue weighted by atomic mass is 32.2. The molecule has 7 amide bonds. The number of H-pyrrole nitrogens is 1. The number of hydrogen-bond acceptors (Lipinski definition) is 14. The molecule has 9 unspecified atom stereocenters. The average Bonchev–Trinajstić information content (AvgIpc) is 3.77. The minimum Gasteiger partial charge on any atom is -0.479 e. The number of carbonyl (C=O) groups is 8. The second kappa shape index (κ2) is 18.9. The molecule has 1 aromatic heterocycles. The SMILES string of the molecule is CC1NC(=O)C2CC(O)CN2C(=O)C2CSc3c([nH]c4ccccc34)CC(NC1=O)C(=O)NC(CC(O)(CO)CO)C(=O)NC(C(C)C)C(=O)NC(C(O)C(=O)O)C(=O)N2. The number of aliphatic hydroxyl groups is 5. The predicted octanol–water partition coefficient (Wildman–Crippen LogP) is -5.07. The minimum absolute atomic E-state index is 0.277. The first-order valence-corrected chi connectivity index (χ1v) is 20.1. The molecule has 13 N–H and O–H groups in total. The van der Waals surface area contributed by atoms with Gasteiger partial charge >= 0.3 is 5.97 Å². The first-order valence-electron chi connectivity index (χ1n) is 19.2. The Morgan fingerprint density at radius 1 is 0.850 bits per heavy atom. The number of nitrogens with zero attached hydrogens (tertiary/aromatic N) is 1. The molecule has 0 saturated carbocycles. The Bertz CT molecular complexity index is 2010. The van der Waals surface area contributed by atoms with Gasteiger partial charge in [0.25, 0.3) is 0 Å². The molecule has 328 valence electrons. The summed E-state index contributed by atoms with van der Waals surface area (Å²) in [5.41, 5.74) is -1.52. The van der Waals surface area contributed by atoms with Gasteiger partial charge in [-0.15, -0.1) is 11.8 Å². The monoisotopic (exact) mass is 862 g/mol. The van der Waals surface area contributed by atoms with Gasteiger partial charge in [-0.05, 0) is 18.9 Å². The summed E-state index contributed by atoms with van der Waals surface area (Å²) in [6.07, 6.45) is -5.28. The highest BCUT2D eigenvalue weighted by Gasteiger charge is 2.45. The van der Waals surface area contributed by atoms with Gasteiger partial charge in [0.2, 0.25) is 41.4 Å². The molecule has 60 heavy (non-hydrogen) atoms. The molecule has 4 heterocycles. The van der Waals surface area contributed by atoms with E-state index in [0.29, 0.717) is 21.5 Å². The van der Waals surface area contributed by atoms with Crippen LogP contribution < -0.4 is 31.9 Å². The number of carbonyl (C=O) groups excluding carboxylic acids is 7. The van der Waals surface area contributed by atoms with Crippen molar-refractivity contribution in [1.82, 2.24) is 41.8 Å². The number of amides is 7. The molecule has 5 rings (SSSR count). The van der Waals surface area contributed by atoms with Crippen molar-refractivity contribution in [2.75, 3.05) is 25.5 Å². The largest absolute Gasteiger partial charge is 0.479 e. The number of benzene rings is 1. The second-order valence-corrected chi connectivity index (χ2v) is 16.6. The van der Waals surface area contributed by atoms with Gasteiger partial charge in [-0.25, -0.2) is 4.79 Å². The van der Waals surface area contributed by atoms with E-state index in [9.17, 15) is 69.0 Å². The topological polar surface area (TPSA) is 349 Å². The summed E-state index contributed by atoms with van der Waals surface area (Å²) in [6.45, 7) is 1.65. The van der Waals surface area contributed by atoms with Crippen LogP contribution in [0.15, 0.2) is 29.2 Å². The molecule has 0 radical (unpaired) electrons. The van der Waals surface area contributed by atoms with E-state index >= 15 is 0 Å². The van der Waals surface area contributed by atoms with Gasteiger partial charge < -0.3 is 72.4 Å². The van der Waals surface area contributed by atoms with Crippen LogP contribution in [0.25, 0.3) is 10.9 Å². The first kappa shape index (κ1) is 45.7. The summed E-state index contributed by atoms with van der Waals surface area (Å²) >= 11 is 0.988. The highest BCUT2D eigenvalue weighted by molar-refractivity contribution is 7.99. The van der Waals surface area contributed by atoms with Crippen LogP contribution in [-0.2, 0) is 44.8 Å². The number of aromatic nitrogens is 1. The maximum Gasteiger partial charge on any atom is 0.335 e. The van der Waals surface area contributed by atoms with E-state index in [2.05, 4.69) is 36.9 Å². The smallest absolute Gasteiger partial charge is 0.335 e. The van der Waals surface area contributed by atoms with Gasteiger partial charge in [-0.3, -0.25) is 33.6 Å².